The summed E-state index contributed by atoms with van der Waals surface area (Å²) in [4.78, 5) is 42.9. The van der Waals surface area contributed by atoms with Crippen molar-refractivity contribution in [2.75, 3.05) is 0 Å². The highest BCUT2D eigenvalue weighted by molar-refractivity contribution is 5.95. The first kappa shape index (κ1) is 25.9. The number of nitrogens with zero attached hydrogens (tertiary/aromatic N) is 8. The van der Waals surface area contributed by atoms with Crippen LogP contribution in [0.5, 0.6) is 0 Å². The van der Waals surface area contributed by atoms with Crippen LogP contribution in [-0.4, -0.2) is 37.8 Å². The second-order valence-corrected chi connectivity index (χ2v) is 12.6. The molecule has 48 heavy (non-hydrogen) atoms. The minimum Gasteiger partial charge on any atom is -0.333 e. The van der Waals surface area contributed by atoms with Gasteiger partial charge in [-0.05, 0) is 71.6 Å². The molecule has 0 saturated carbocycles. The average Bonchev–Trinajstić information content (AvgIpc) is 3.80. The van der Waals surface area contributed by atoms with E-state index in [2.05, 4.69) is 30.7 Å². The molecule has 5 heterocycles. The van der Waals surface area contributed by atoms with Crippen LogP contribution >= 0.6 is 0 Å². The standard InChI is InChI=1S/C38H32N8O2/c1-38(2,3)25-18-19-39-34(22-25)46-32-24-31-29(23-30(32)44(37(46)48)27-14-9-6-10-15-27)43(26-12-7-5-8-13-26)36(47)45(31)33-17-11-16-28(41-33)35-40-20-21-42(35)4/h5-24H,1-4H3/i4D3. The zero-order valence-electron chi connectivity index (χ0n) is 29.4. The maximum atomic E-state index is 14.6. The van der Waals surface area contributed by atoms with Crippen molar-refractivity contribution in [3.63, 3.8) is 0 Å². The van der Waals surface area contributed by atoms with Gasteiger partial charge in [0.25, 0.3) is 0 Å². The van der Waals surface area contributed by atoms with Gasteiger partial charge in [-0.1, -0.05) is 63.2 Å². The van der Waals surface area contributed by atoms with Gasteiger partial charge in [-0.2, -0.15) is 0 Å². The average molecular weight is 636 g/mol. The molecular formula is C38H32N8O2. The van der Waals surface area contributed by atoms with Gasteiger partial charge >= 0.3 is 11.4 Å². The number of benzene rings is 3. The number of fused-ring (bicyclic) bond motifs is 2. The second kappa shape index (κ2) is 10.9. The quantitative estimate of drug-likeness (QED) is 0.219. The zero-order chi connectivity index (χ0) is 35.7. The van der Waals surface area contributed by atoms with E-state index < -0.39 is 12.7 Å². The van der Waals surface area contributed by atoms with Crippen molar-refractivity contribution in [1.29, 1.82) is 0 Å². The van der Waals surface area contributed by atoms with E-state index >= 15 is 0 Å². The summed E-state index contributed by atoms with van der Waals surface area (Å²) in [6, 6.07) is 31.2. The van der Waals surface area contributed by atoms with Crippen molar-refractivity contribution in [1.82, 2.24) is 37.8 Å². The fourth-order valence-corrected chi connectivity index (χ4v) is 6.15. The molecular weight excluding hydrogens is 600 g/mol. The van der Waals surface area contributed by atoms with E-state index in [0.29, 0.717) is 39.3 Å². The topological polar surface area (TPSA) is 97.5 Å². The fraction of sp³-hybridized carbons (Fsp3) is 0.132. The maximum Gasteiger partial charge on any atom is 0.339 e. The predicted octanol–water partition coefficient (Wildman–Crippen LogP) is 6.36. The predicted molar refractivity (Wildman–Crippen MR) is 188 cm³/mol. The Labute approximate surface area is 279 Å². The lowest BCUT2D eigenvalue weighted by Crippen LogP contribution is -2.23. The van der Waals surface area contributed by atoms with E-state index in [0.717, 1.165) is 10.1 Å². The van der Waals surface area contributed by atoms with Crippen molar-refractivity contribution in [3.8, 4) is 34.5 Å². The molecule has 0 radical (unpaired) electrons. The van der Waals surface area contributed by atoms with Crippen LogP contribution in [0.3, 0.4) is 0 Å². The van der Waals surface area contributed by atoms with Gasteiger partial charge in [-0.25, -0.2) is 33.7 Å². The molecule has 8 rings (SSSR count). The monoisotopic (exact) mass is 635 g/mol. The van der Waals surface area contributed by atoms with E-state index in [1.807, 2.05) is 84.9 Å². The molecule has 0 bridgehead atoms. The summed E-state index contributed by atoms with van der Waals surface area (Å²) < 4.78 is 31.2. The van der Waals surface area contributed by atoms with E-state index in [1.54, 1.807) is 38.1 Å². The number of pyridine rings is 2. The Morgan fingerprint density at radius 1 is 0.604 bits per heavy atom. The Morgan fingerprint density at radius 2 is 1.19 bits per heavy atom. The van der Waals surface area contributed by atoms with Crippen molar-refractivity contribution >= 4 is 22.1 Å². The van der Waals surface area contributed by atoms with Gasteiger partial charge < -0.3 is 4.57 Å². The number of rotatable bonds is 5. The van der Waals surface area contributed by atoms with Crippen LogP contribution < -0.4 is 11.4 Å². The van der Waals surface area contributed by atoms with E-state index in [4.69, 9.17) is 9.10 Å². The van der Waals surface area contributed by atoms with Crippen molar-refractivity contribution in [2.24, 2.45) is 6.98 Å². The normalized spacial score (nSPS) is 13.1. The highest BCUT2D eigenvalue weighted by Crippen LogP contribution is 2.30. The van der Waals surface area contributed by atoms with Gasteiger partial charge in [0.1, 0.15) is 17.3 Å². The van der Waals surface area contributed by atoms with Crippen LogP contribution in [0.1, 0.15) is 30.4 Å². The van der Waals surface area contributed by atoms with Gasteiger partial charge in [0.2, 0.25) is 0 Å². The molecule has 0 amide bonds. The van der Waals surface area contributed by atoms with Crippen LogP contribution in [0.4, 0.5) is 0 Å². The summed E-state index contributed by atoms with van der Waals surface area (Å²) in [5.41, 5.74) is 3.75. The molecule has 3 aromatic carbocycles. The molecule has 0 unspecified atom stereocenters. The molecule has 0 aliphatic carbocycles. The molecule has 10 heteroatoms. The summed E-state index contributed by atoms with van der Waals surface area (Å²) in [6.45, 7) is 3.82. The number of aryl methyl sites for hydroxylation is 1. The largest absolute Gasteiger partial charge is 0.339 e. The second-order valence-electron chi connectivity index (χ2n) is 12.6. The Bertz CT molecular complexity index is 2710. The van der Waals surface area contributed by atoms with Gasteiger partial charge in [0.05, 0.1) is 33.4 Å². The van der Waals surface area contributed by atoms with Gasteiger partial charge in [0, 0.05) is 29.7 Å². The summed E-state index contributed by atoms with van der Waals surface area (Å²) in [5, 5.41) is 0. The van der Waals surface area contributed by atoms with Crippen LogP contribution in [-0.2, 0) is 12.4 Å². The SMILES string of the molecule is [2H]C([2H])([2H])n1ccnc1-c1cccc(-n2c(=O)n(-c3ccccc3)c3cc4c(cc32)n(-c2cc(C(C)(C)C)ccn2)c(=O)n4-c2ccccc2)n1. The molecule has 10 nitrogen and oxygen atoms in total. The van der Waals surface area contributed by atoms with E-state index in [1.165, 1.54) is 17.0 Å². The smallest absolute Gasteiger partial charge is 0.333 e. The Hall–Kier alpha value is -6.29. The highest BCUT2D eigenvalue weighted by atomic mass is 16.2. The fourth-order valence-electron chi connectivity index (χ4n) is 6.15. The van der Waals surface area contributed by atoms with Gasteiger partial charge in [-0.3, -0.25) is 9.13 Å². The lowest BCUT2D eigenvalue weighted by atomic mass is 9.88. The number of imidazole rings is 3. The van der Waals surface area contributed by atoms with Gasteiger partial charge in [0.15, 0.2) is 5.82 Å². The summed E-state index contributed by atoms with van der Waals surface area (Å²) >= 11 is 0. The first-order valence-electron chi connectivity index (χ1n) is 17.0. The lowest BCUT2D eigenvalue weighted by Gasteiger charge is -2.19. The number of hydrogen-bond acceptors (Lipinski definition) is 5. The Kier molecular flexibility index (Phi) is 5.88. The van der Waals surface area contributed by atoms with Gasteiger partial charge in [-0.15, -0.1) is 0 Å². The first-order chi connectivity index (χ1) is 24.4. The minimum absolute atomic E-state index is 0.137. The first-order valence-corrected chi connectivity index (χ1v) is 15.5. The summed E-state index contributed by atoms with van der Waals surface area (Å²) in [7, 11) is 0. The molecule has 5 aromatic heterocycles. The molecule has 0 N–H and O–H groups in total. The Morgan fingerprint density at radius 3 is 1.77 bits per heavy atom. The molecule has 0 fully saturated rings. The number of para-hydroxylation sites is 2. The minimum atomic E-state index is -2.48. The maximum absolute atomic E-state index is 14.6. The van der Waals surface area contributed by atoms with E-state index in [-0.39, 0.29) is 28.4 Å². The van der Waals surface area contributed by atoms with E-state index in [9.17, 15) is 9.59 Å². The van der Waals surface area contributed by atoms with Crippen molar-refractivity contribution in [3.05, 3.63) is 148 Å². The number of hydrogen-bond donors (Lipinski definition) is 0. The zero-order valence-corrected chi connectivity index (χ0v) is 26.4. The molecule has 0 aliphatic heterocycles. The third-order valence-electron chi connectivity index (χ3n) is 8.50. The number of aromatic nitrogens is 8. The lowest BCUT2D eigenvalue weighted by molar-refractivity contribution is 0.588. The molecule has 0 atom stereocenters. The van der Waals surface area contributed by atoms with Crippen molar-refractivity contribution < 1.29 is 4.11 Å². The van der Waals surface area contributed by atoms with Crippen molar-refractivity contribution in [2.45, 2.75) is 26.2 Å². The Balaban J connectivity index is 1.48. The molecule has 0 saturated heterocycles. The molecule has 0 spiro atoms. The molecule has 236 valence electrons. The third kappa shape index (κ3) is 4.60. The highest BCUT2D eigenvalue weighted by Gasteiger charge is 2.24. The summed E-state index contributed by atoms with van der Waals surface area (Å²) in [6.07, 6.45) is 4.48. The molecule has 0 aliphatic rings. The van der Waals surface area contributed by atoms with Crippen LogP contribution in [0.15, 0.2) is 131 Å². The summed E-state index contributed by atoms with van der Waals surface area (Å²) in [5.74, 6) is 0.831. The molecule has 8 aromatic rings. The van der Waals surface area contributed by atoms with Crippen LogP contribution in [0.2, 0.25) is 0 Å². The third-order valence-corrected chi connectivity index (χ3v) is 8.50. The van der Waals surface area contributed by atoms with Crippen LogP contribution in [0, 0.1) is 0 Å². The van der Waals surface area contributed by atoms with Crippen LogP contribution in [0.25, 0.3) is 56.6 Å².